The molecule has 27 heavy (non-hydrogen) atoms. The van der Waals surface area contributed by atoms with Gasteiger partial charge < -0.3 is 15.4 Å². The van der Waals surface area contributed by atoms with E-state index in [0.717, 1.165) is 23.8 Å². The van der Waals surface area contributed by atoms with Crippen LogP contribution < -0.4 is 10.6 Å². The van der Waals surface area contributed by atoms with E-state index in [-0.39, 0.29) is 17.0 Å². The number of fused-ring (bicyclic) bond motifs is 1. The van der Waals surface area contributed by atoms with E-state index in [4.69, 9.17) is 4.74 Å². The SMILES string of the molecule is CN(C)S(=O)(=O)c1ccc2c(c1)nnn2CCNC(=O)NCC1CCCO1. The van der Waals surface area contributed by atoms with E-state index in [1.165, 1.54) is 26.2 Å². The molecule has 1 saturated heterocycles. The summed E-state index contributed by atoms with van der Waals surface area (Å²) < 4.78 is 32.6. The predicted octanol–water partition coefficient (Wildman–Crippen LogP) is 0.160. The third kappa shape index (κ3) is 4.54. The van der Waals surface area contributed by atoms with Gasteiger partial charge in [-0.25, -0.2) is 22.2 Å². The van der Waals surface area contributed by atoms with Crippen LogP contribution in [0.25, 0.3) is 11.0 Å². The van der Waals surface area contributed by atoms with Crippen LogP contribution >= 0.6 is 0 Å². The molecule has 148 valence electrons. The van der Waals surface area contributed by atoms with E-state index in [1.807, 2.05) is 0 Å². The zero-order valence-electron chi connectivity index (χ0n) is 15.4. The second kappa shape index (κ2) is 8.19. The number of sulfonamides is 1. The first kappa shape index (κ1) is 19.5. The van der Waals surface area contributed by atoms with Gasteiger partial charge >= 0.3 is 6.03 Å². The molecule has 2 amide bonds. The molecule has 1 aliphatic heterocycles. The molecule has 0 saturated carbocycles. The van der Waals surface area contributed by atoms with Gasteiger partial charge in [0.05, 0.1) is 23.1 Å². The molecule has 11 heteroatoms. The van der Waals surface area contributed by atoms with E-state index in [0.29, 0.717) is 30.7 Å². The van der Waals surface area contributed by atoms with Crippen molar-refractivity contribution in [3.8, 4) is 0 Å². The number of urea groups is 1. The summed E-state index contributed by atoms with van der Waals surface area (Å²) >= 11 is 0. The molecular weight excluding hydrogens is 372 g/mol. The number of nitrogens with zero attached hydrogens (tertiary/aromatic N) is 4. The van der Waals surface area contributed by atoms with Crippen LogP contribution in [0.15, 0.2) is 23.1 Å². The number of ether oxygens (including phenoxy) is 1. The zero-order chi connectivity index (χ0) is 19.4. The highest BCUT2D eigenvalue weighted by atomic mass is 32.2. The number of aromatic nitrogens is 3. The van der Waals surface area contributed by atoms with Gasteiger partial charge in [0.15, 0.2) is 0 Å². The van der Waals surface area contributed by atoms with Crippen molar-refractivity contribution in [1.29, 1.82) is 0 Å². The Hall–Kier alpha value is -2.24. The van der Waals surface area contributed by atoms with Crippen LogP contribution in [0.4, 0.5) is 4.79 Å². The van der Waals surface area contributed by atoms with E-state index < -0.39 is 10.0 Å². The molecule has 0 radical (unpaired) electrons. The normalized spacial score (nSPS) is 17.5. The lowest BCUT2D eigenvalue weighted by atomic mass is 10.2. The lowest BCUT2D eigenvalue weighted by Gasteiger charge is -2.12. The van der Waals surface area contributed by atoms with Crippen molar-refractivity contribution in [3.63, 3.8) is 0 Å². The summed E-state index contributed by atoms with van der Waals surface area (Å²) in [5.41, 5.74) is 1.19. The van der Waals surface area contributed by atoms with E-state index in [9.17, 15) is 13.2 Å². The molecule has 0 bridgehead atoms. The molecule has 0 spiro atoms. The summed E-state index contributed by atoms with van der Waals surface area (Å²) in [7, 11) is -0.564. The Morgan fingerprint density at radius 3 is 2.89 bits per heavy atom. The molecule has 1 unspecified atom stereocenters. The number of rotatable bonds is 7. The van der Waals surface area contributed by atoms with Crippen molar-refractivity contribution in [3.05, 3.63) is 18.2 Å². The number of hydrogen-bond acceptors (Lipinski definition) is 6. The first-order valence-corrected chi connectivity index (χ1v) is 10.2. The van der Waals surface area contributed by atoms with Crippen LogP contribution in [0.3, 0.4) is 0 Å². The van der Waals surface area contributed by atoms with Crippen molar-refractivity contribution in [2.24, 2.45) is 0 Å². The molecule has 1 aromatic carbocycles. The van der Waals surface area contributed by atoms with Gasteiger partial charge in [-0.2, -0.15) is 0 Å². The first-order valence-electron chi connectivity index (χ1n) is 8.77. The van der Waals surface area contributed by atoms with E-state index in [2.05, 4.69) is 20.9 Å². The molecule has 1 aliphatic rings. The largest absolute Gasteiger partial charge is 0.376 e. The summed E-state index contributed by atoms with van der Waals surface area (Å²) in [6.07, 6.45) is 2.10. The Balaban J connectivity index is 1.55. The van der Waals surface area contributed by atoms with Crippen molar-refractivity contribution in [2.45, 2.75) is 30.4 Å². The number of benzene rings is 1. The minimum absolute atomic E-state index is 0.0997. The summed E-state index contributed by atoms with van der Waals surface area (Å²) in [5.74, 6) is 0. The molecule has 1 atom stereocenters. The second-order valence-electron chi connectivity index (χ2n) is 6.52. The topological polar surface area (TPSA) is 118 Å². The van der Waals surface area contributed by atoms with Gasteiger partial charge in [0, 0.05) is 33.8 Å². The summed E-state index contributed by atoms with van der Waals surface area (Å²) in [6, 6.07) is 4.44. The minimum atomic E-state index is -3.52. The Morgan fingerprint density at radius 1 is 1.37 bits per heavy atom. The van der Waals surface area contributed by atoms with Crippen LogP contribution in [-0.4, -0.2) is 73.6 Å². The number of carbonyl (C=O) groups excluding carboxylic acids is 1. The third-order valence-electron chi connectivity index (χ3n) is 4.39. The fraction of sp³-hybridized carbons (Fsp3) is 0.562. The maximum atomic E-state index is 12.2. The Bertz CT molecular complexity index is 905. The average Bonchev–Trinajstić information content (AvgIpc) is 3.29. The zero-order valence-corrected chi connectivity index (χ0v) is 16.2. The Labute approximate surface area is 157 Å². The molecule has 1 fully saturated rings. The van der Waals surface area contributed by atoms with Gasteiger partial charge in [0.1, 0.15) is 5.52 Å². The molecule has 3 rings (SSSR count). The van der Waals surface area contributed by atoms with Gasteiger partial charge in [0.2, 0.25) is 10.0 Å². The van der Waals surface area contributed by atoms with Gasteiger partial charge in [-0.05, 0) is 31.0 Å². The molecular formula is C16H24N6O4S. The number of hydrogen-bond donors (Lipinski definition) is 2. The predicted molar refractivity (Wildman–Crippen MR) is 98.8 cm³/mol. The van der Waals surface area contributed by atoms with Crippen molar-refractivity contribution < 1.29 is 17.9 Å². The van der Waals surface area contributed by atoms with Crippen LogP contribution in [0.2, 0.25) is 0 Å². The smallest absolute Gasteiger partial charge is 0.314 e. The summed E-state index contributed by atoms with van der Waals surface area (Å²) in [5, 5.41) is 13.6. The highest BCUT2D eigenvalue weighted by Crippen LogP contribution is 2.19. The van der Waals surface area contributed by atoms with E-state index >= 15 is 0 Å². The Kier molecular flexibility index (Phi) is 5.92. The van der Waals surface area contributed by atoms with Gasteiger partial charge in [0.25, 0.3) is 0 Å². The molecule has 2 heterocycles. The molecule has 1 aromatic heterocycles. The average molecular weight is 396 g/mol. The first-order chi connectivity index (χ1) is 12.9. The second-order valence-corrected chi connectivity index (χ2v) is 8.67. The van der Waals surface area contributed by atoms with Gasteiger partial charge in [-0.1, -0.05) is 5.21 Å². The lowest BCUT2D eigenvalue weighted by Crippen LogP contribution is -2.40. The number of carbonyl (C=O) groups is 1. The quantitative estimate of drug-likeness (QED) is 0.688. The Morgan fingerprint density at radius 2 is 2.19 bits per heavy atom. The van der Waals surface area contributed by atoms with Crippen molar-refractivity contribution in [2.75, 3.05) is 33.8 Å². The van der Waals surface area contributed by atoms with Gasteiger partial charge in [-0.15, -0.1) is 5.10 Å². The van der Waals surface area contributed by atoms with Gasteiger partial charge in [-0.3, -0.25) is 0 Å². The fourth-order valence-electron chi connectivity index (χ4n) is 2.84. The maximum absolute atomic E-state index is 12.2. The number of nitrogens with one attached hydrogen (secondary N) is 2. The maximum Gasteiger partial charge on any atom is 0.314 e. The monoisotopic (exact) mass is 396 g/mol. The standard InChI is InChI=1S/C16H24N6O4S/c1-21(2)27(24,25)13-5-6-15-14(10-13)19-20-22(15)8-7-17-16(23)18-11-12-4-3-9-26-12/h5-6,10,12H,3-4,7-9,11H2,1-2H3,(H2,17,18,23). The van der Waals surface area contributed by atoms with E-state index in [1.54, 1.807) is 10.7 Å². The van der Waals surface area contributed by atoms with Crippen molar-refractivity contribution in [1.82, 2.24) is 29.9 Å². The van der Waals surface area contributed by atoms with Crippen molar-refractivity contribution >= 4 is 27.1 Å². The molecule has 2 N–H and O–H groups in total. The lowest BCUT2D eigenvalue weighted by molar-refractivity contribution is 0.111. The number of amides is 2. The van der Waals surface area contributed by atoms with Crippen LogP contribution in [0.1, 0.15) is 12.8 Å². The summed E-state index contributed by atoms with van der Waals surface area (Å²) in [6.45, 7) is 2.04. The summed E-state index contributed by atoms with van der Waals surface area (Å²) in [4.78, 5) is 12.0. The highest BCUT2D eigenvalue weighted by Gasteiger charge is 2.19. The molecule has 10 nitrogen and oxygen atoms in total. The molecule has 2 aromatic rings. The van der Waals surface area contributed by atoms with Crippen LogP contribution in [0.5, 0.6) is 0 Å². The third-order valence-corrected chi connectivity index (χ3v) is 6.20. The molecule has 0 aliphatic carbocycles. The van der Waals surface area contributed by atoms with Crippen LogP contribution in [0, 0.1) is 0 Å². The minimum Gasteiger partial charge on any atom is -0.376 e. The van der Waals surface area contributed by atoms with Crippen LogP contribution in [-0.2, 0) is 21.3 Å². The highest BCUT2D eigenvalue weighted by molar-refractivity contribution is 7.89. The fourth-order valence-corrected chi connectivity index (χ4v) is 3.76.